The third-order valence-electron chi connectivity index (χ3n) is 5.18. The molecule has 4 N–H and O–H groups in total. The second-order valence-corrected chi connectivity index (χ2v) is 8.38. The lowest BCUT2D eigenvalue weighted by Gasteiger charge is -2.38. The monoisotopic (exact) mass is 523 g/mol. The third kappa shape index (κ3) is 5.35. The minimum atomic E-state index is -1.82. The van der Waals surface area contributed by atoms with Gasteiger partial charge in [0.2, 0.25) is 0 Å². The lowest BCUT2D eigenvalue weighted by molar-refractivity contribution is -0.159. The molecule has 1 aliphatic rings. The smallest absolute Gasteiger partial charge is 0.414 e. The lowest BCUT2D eigenvalue weighted by Crippen LogP contribution is -2.42. The molecule has 0 spiro atoms. The van der Waals surface area contributed by atoms with E-state index in [9.17, 15) is 5.11 Å². The van der Waals surface area contributed by atoms with Crippen LogP contribution in [0.1, 0.15) is 24.0 Å². The van der Waals surface area contributed by atoms with E-state index in [0.29, 0.717) is 0 Å². The van der Waals surface area contributed by atoms with Crippen molar-refractivity contribution in [2.75, 3.05) is 13.1 Å². The zero-order valence-electron chi connectivity index (χ0n) is 16.1. The van der Waals surface area contributed by atoms with Gasteiger partial charge >= 0.3 is 11.9 Å². The summed E-state index contributed by atoms with van der Waals surface area (Å²) in [5.41, 5.74) is 2.57. The van der Waals surface area contributed by atoms with Crippen molar-refractivity contribution in [1.29, 1.82) is 0 Å². The Kier molecular flexibility index (Phi) is 7.06. The number of halogens is 1. The van der Waals surface area contributed by atoms with E-state index in [-0.39, 0.29) is 0 Å². The molecule has 0 bridgehead atoms. The fraction of sp³-hybridized carbons (Fsp3) is 0.286. The highest BCUT2D eigenvalue weighted by atomic mass is 127. The van der Waals surface area contributed by atoms with Gasteiger partial charge in [0.05, 0.1) is 5.60 Å². The first-order chi connectivity index (χ1) is 14.3. The number of hydrogen-bond acceptors (Lipinski definition) is 5. The van der Waals surface area contributed by atoms with Gasteiger partial charge in [0, 0.05) is 41.0 Å². The van der Waals surface area contributed by atoms with E-state index in [4.69, 9.17) is 19.8 Å². The Morgan fingerprint density at radius 3 is 2.33 bits per heavy atom. The summed E-state index contributed by atoms with van der Waals surface area (Å²) in [7, 11) is 0. The molecule has 1 saturated heterocycles. The number of nitrogens with zero attached hydrogens (tertiary/aromatic N) is 2. The second kappa shape index (κ2) is 9.54. The molecule has 1 aromatic carbocycles. The van der Waals surface area contributed by atoms with Crippen LogP contribution in [0.4, 0.5) is 0 Å². The number of carboxylic acids is 2. The predicted molar refractivity (Wildman–Crippen MR) is 119 cm³/mol. The number of aliphatic hydroxyl groups is 1. The minimum absolute atomic E-state index is 0.692. The number of rotatable bonds is 3. The number of pyridine rings is 1. The zero-order valence-corrected chi connectivity index (χ0v) is 18.2. The van der Waals surface area contributed by atoms with Crippen LogP contribution in [0.25, 0.3) is 11.0 Å². The summed E-state index contributed by atoms with van der Waals surface area (Å²) in [6, 6.07) is 12.3. The highest BCUT2D eigenvalue weighted by Crippen LogP contribution is 2.33. The van der Waals surface area contributed by atoms with Crippen LogP contribution in [-0.4, -0.2) is 55.2 Å². The number of hydrogen-bond donors (Lipinski definition) is 4. The van der Waals surface area contributed by atoms with Gasteiger partial charge < -0.3 is 20.3 Å². The summed E-state index contributed by atoms with van der Waals surface area (Å²) in [4.78, 5) is 28.2. The van der Waals surface area contributed by atoms with Gasteiger partial charge in [0.25, 0.3) is 0 Å². The summed E-state index contributed by atoms with van der Waals surface area (Å²) in [5.74, 6) is -3.65. The Morgan fingerprint density at radius 1 is 1.10 bits per heavy atom. The van der Waals surface area contributed by atoms with Crippen molar-refractivity contribution in [3.8, 4) is 0 Å². The summed E-state index contributed by atoms with van der Waals surface area (Å²) in [6.07, 6.45) is 5.41. The van der Waals surface area contributed by atoms with E-state index in [2.05, 4.69) is 74.0 Å². The van der Waals surface area contributed by atoms with Crippen molar-refractivity contribution in [2.45, 2.75) is 25.0 Å². The number of aromatic nitrogens is 2. The number of fused-ring (bicyclic) bond motifs is 1. The van der Waals surface area contributed by atoms with E-state index in [1.807, 2.05) is 12.3 Å². The minimum Gasteiger partial charge on any atom is -0.473 e. The van der Waals surface area contributed by atoms with Crippen molar-refractivity contribution in [1.82, 2.24) is 14.9 Å². The normalized spacial score (nSPS) is 15.9. The standard InChI is InChI=1S/C19H20IN3O.C2H2O4/c20-16-5-3-15(4-6-16)19(24)7-10-23(11-8-19)13-14-12-22-18-17(14)2-1-9-21-18;3-1(4)2(5)6/h1-6,9,12,24H,7-8,10-11,13H2,(H,21,22);(H,3,4)(H,5,6). The highest BCUT2D eigenvalue weighted by molar-refractivity contribution is 14.1. The Labute approximate surface area is 186 Å². The van der Waals surface area contributed by atoms with Crippen molar-refractivity contribution in [2.24, 2.45) is 0 Å². The first-order valence-corrected chi connectivity index (χ1v) is 10.4. The van der Waals surface area contributed by atoms with Gasteiger partial charge in [-0.15, -0.1) is 0 Å². The van der Waals surface area contributed by atoms with Crippen molar-refractivity contribution >= 4 is 45.6 Å². The molecule has 0 atom stereocenters. The Morgan fingerprint density at radius 2 is 1.73 bits per heavy atom. The maximum atomic E-state index is 11.0. The molecule has 0 radical (unpaired) electrons. The number of H-pyrrole nitrogens is 1. The Hall–Kier alpha value is -2.50. The molecule has 3 aromatic rings. The molecule has 8 nitrogen and oxygen atoms in total. The fourth-order valence-corrected chi connectivity index (χ4v) is 3.87. The number of carboxylic acid groups (broad SMARTS) is 2. The van der Waals surface area contributed by atoms with Crippen LogP contribution in [0.5, 0.6) is 0 Å². The fourth-order valence-electron chi connectivity index (χ4n) is 3.51. The summed E-state index contributed by atoms with van der Waals surface area (Å²) in [6.45, 7) is 2.69. The van der Waals surface area contributed by atoms with E-state index in [0.717, 1.165) is 43.7 Å². The van der Waals surface area contributed by atoms with E-state index in [1.54, 1.807) is 0 Å². The summed E-state index contributed by atoms with van der Waals surface area (Å²) < 4.78 is 1.20. The van der Waals surface area contributed by atoms with Crippen LogP contribution in [0.2, 0.25) is 0 Å². The van der Waals surface area contributed by atoms with Gasteiger partial charge in [-0.25, -0.2) is 14.6 Å². The van der Waals surface area contributed by atoms with E-state index >= 15 is 0 Å². The third-order valence-corrected chi connectivity index (χ3v) is 5.90. The molecule has 4 rings (SSSR count). The van der Waals surface area contributed by atoms with Crippen LogP contribution in [0.3, 0.4) is 0 Å². The number of likely N-dealkylation sites (tertiary alicyclic amines) is 1. The van der Waals surface area contributed by atoms with Gasteiger partial charge in [-0.1, -0.05) is 12.1 Å². The molecule has 3 heterocycles. The number of carbonyl (C=O) groups is 2. The second-order valence-electron chi connectivity index (χ2n) is 7.14. The number of nitrogens with one attached hydrogen (secondary N) is 1. The molecule has 0 amide bonds. The summed E-state index contributed by atoms with van der Waals surface area (Å²) >= 11 is 2.30. The molecular weight excluding hydrogens is 501 g/mol. The van der Waals surface area contributed by atoms with Crippen molar-refractivity contribution in [3.05, 3.63) is 63.5 Å². The van der Waals surface area contributed by atoms with E-state index in [1.165, 1.54) is 14.5 Å². The zero-order chi connectivity index (χ0) is 21.7. The number of aliphatic carboxylic acids is 2. The molecule has 1 aliphatic heterocycles. The van der Waals surface area contributed by atoms with Crippen LogP contribution >= 0.6 is 22.6 Å². The molecule has 1 fully saturated rings. The largest absolute Gasteiger partial charge is 0.473 e. The highest BCUT2D eigenvalue weighted by Gasteiger charge is 2.34. The van der Waals surface area contributed by atoms with Gasteiger partial charge in [-0.2, -0.15) is 0 Å². The van der Waals surface area contributed by atoms with Crippen molar-refractivity contribution < 1.29 is 24.9 Å². The maximum absolute atomic E-state index is 11.0. The molecule has 2 aromatic heterocycles. The number of benzene rings is 1. The Balaban J connectivity index is 0.000000377. The molecular formula is C21H22IN3O5. The quantitative estimate of drug-likeness (QED) is 0.307. The van der Waals surface area contributed by atoms with Crippen LogP contribution in [0, 0.1) is 3.57 Å². The van der Waals surface area contributed by atoms with E-state index < -0.39 is 17.5 Å². The van der Waals surface area contributed by atoms with Gasteiger partial charge in [0.15, 0.2) is 0 Å². The SMILES string of the molecule is O=C(O)C(=O)O.OC1(c2ccc(I)cc2)CCN(Cc2c[nH]c3ncccc23)CC1. The first kappa shape index (κ1) is 22.2. The Bertz CT molecular complexity index is 1010. The van der Waals surface area contributed by atoms with Gasteiger partial charge in [0.1, 0.15) is 5.65 Å². The average molecular weight is 523 g/mol. The van der Waals surface area contributed by atoms with Gasteiger partial charge in [-0.05, 0) is 70.8 Å². The van der Waals surface area contributed by atoms with Crippen molar-refractivity contribution in [3.63, 3.8) is 0 Å². The van der Waals surface area contributed by atoms with Crippen LogP contribution in [-0.2, 0) is 21.7 Å². The maximum Gasteiger partial charge on any atom is 0.414 e. The molecule has 158 valence electrons. The molecule has 0 saturated carbocycles. The molecule has 9 heteroatoms. The molecule has 0 unspecified atom stereocenters. The topological polar surface area (TPSA) is 127 Å². The molecule has 30 heavy (non-hydrogen) atoms. The number of aromatic amines is 1. The number of piperidine rings is 1. The molecule has 0 aliphatic carbocycles. The van der Waals surface area contributed by atoms with Crippen LogP contribution in [0.15, 0.2) is 48.8 Å². The predicted octanol–water partition coefficient (Wildman–Crippen LogP) is 2.81. The average Bonchev–Trinajstić information content (AvgIpc) is 3.14. The first-order valence-electron chi connectivity index (χ1n) is 9.36. The lowest BCUT2D eigenvalue weighted by atomic mass is 9.84. The summed E-state index contributed by atoms with van der Waals surface area (Å²) in [5, 5.41) is 27.0. The van der Waals surface area contributed by atoms with Crippen LogP contribution < -0.4 is 0 Å². The van der Waals surface area contributed by atoms with Gasteiger partial charge in [-0.3, -0.25) is 4.90 Å².